The van der Waals surface area contributed by atoms with E-state index in [4.69, 9.17) is 4.74 Å². The molecule has 2 aromatic rings. The van der Waals surface area contributed by atoms with Crippen molar-refractivity contribution in [2.45, 2.75) is 45.3 Å². The number of fused-ring (bicyclic) bond motifs is 1. The second-order valence-corrected chi connectivity index (χ2v) is 7.44. The molecule has 1 aromatic heterocycles. The number of carbonyl (C=O) groups excluding carboxylic acids is 2. The van der Waals surface area contributed by atoms with Crippen LogP contribution < -0.4 is 10.2 Å². The number of anilines is 2. The molecule has 31 heavy (non-hydrogen) atoms. The van der Waals surface area contributed by atoms with Crippen molar-refractivity contribution in [3.63, 3.8) is 0 Å². The number of ketones is 1. The van der Waals surface area contributed by atoms with Gasteiger partial charge in [0.2, 0.25) is 5.95 Å². The molecule has 7 heteroatoms. The summed E-state index contributed by atoms with van der Waals surface area (Å²) in [5.74, 6) is 1.10. The summed E-state index contributed by atoms with van der Waals surface area (Å²) in [7, 11) is 0. The number of benzene rings is 1. The third-order valence-electron chi connectivity index (χ3n) is 5.12. The molecule has 3 rings (SSSR count). The van der Waals surface area contributed by atoms with E-state index in [9.17, 15) is 9.59 Å². The number of nitrogens with zero attached hydrogens (tertiary/aromatic N) is 3. The lowest BCUT2D eigenvalue weighted by Gasteiger charge is -2.27. The Labute approximate surface area is 182 Å². The predicted octanol–water partition coefficient (Wildman–Crippen LogP) is 5.22. The number of hydrogen-bond acceptors (Lipinski definition) is 6. The zero-order valence-corrected chi connectivity index (χ0v) is 17.8. The molecule has 0 unspecified atom stereocenters. The molecule has 0 spiro atoms. The van der Waals surface area contributed by atoms with Crippen molar-refractivity contribution < 1.29 is 14.3 Å². The number of unbranched alkanes of at least 4 members (excludes halogenated alkanes) is 2. The van der Waals surface area contributed by atoms with Crippen LogP contribution in [-0.2, 0) is 11.3 Å². The van der Waals surface area contributed by atoms with Crippen LogP contribution in [0, 0.1) is 0 Å². The van der Waals surface area contributed by atoms with Gasteiger partial charge in [-0.3, -0.25) is 9.69 Å². The van der Waals surface area contributed by atoms with E-state index < -0.39 is 6.09 Å². The van der Waals surface area contributed by atoms with Crippen molar-refractivity contribution in [2.24, 2.45) is 0 Å². The molecular weight excluding hydrogens is 392 g/mol. The van der Waals surface area contributed by atoms with Gasteiger partial charge in [0.25, 0.3) is 0 Å². The van der Waals surface area contributed by atoms with Gasteiger partial charge in [0.15, 0.2) is 11.6 Å². The predicted molar refractivity (Wildman–Crippen MR) is 121 cm³/mol. The first-order valence-corrected chi connectivity index (χ1v) is 10.4. The molecule has 0 saturated carbocycles. The number of hydrogen-bond donors (Lipinski definition) is 1. The van der Waals surface area contributed by atoms with E-state index in [1.165, 1.54) is 4.90 Å². The first kappa shape index (κ1) is 22.2. The molecule has 1 amide bonds. The highest BCUT2D eigenvalue weighted by Crippen LogP contribution is 2.26. The fraction of sp³-hybridized carbons (Fsp3) is 0.333. The third-order valence-corrected chi connectivity index (χ3v) is 5.12. The summed E-state index contributed by atoms with van der Waals surface area (Å²) in [6, 6.07) is 7.51. The number of ether oxygens (including phenoxy) is 1. The number of amides is 1. The largest absolute Gasteiger partial charge is 0.444 e. The lowest BCUT2D eigenvalue weighted by Crippen LogP contribution is -2.36. The van der Waals surface area contributed by atoms with Crippen molar-refractivity contribution in [2.75, 3.05) is 16.8 Å². The molecule has 0 aliphatic carbocycles. The van der Waals surface area contributed by atoms with Gasteiger partial charge in [-0.2, -0.15) is 4.98 Å². The summed E-state index contributed by atoms with van der Waals surface area (Å²) in [5.41, 5.74) is 2.47. The van der Waals surface area contributed by atoms with Gasteiger partial charge in [-0.25, -0.2) is 9.78 Å². The van der Waals surface area contributed by atoms with Gasteiger partial charge >= 0.3 is 6.09 Å². The van der Waals surface area contributed by atoms with Crippen LogP contribution in [0.4, 0.5) is 16.6 Å². The van der Waals surface area contributed by atoms with E-state index in [2.05, 4.69) is 28.4 Å². The minimum Gasteiger partial charge on any atom is -0.444 e. The summed E-state index contributed by atoms with van der Waals surface area (Å²) in [6.07, 6.45) is 8.05. The summed E-state index contributed by atoms with van der Waals surface area (Å²) < 4.78 is 5.13. The molecule has 0 saturated heterocycles. The van der Waals surface area contributed by atoms with E-state index in [-0.39, 0.29) is 18.4 Å². The maximum absolute atomic E-state index is 12.3. The highest BCUT2D eigenvalue weighted by molar-refractivity contribution is 5.96. The Kier molecular flexibility index (Phi) is 7.54. The van der Waals surface area contributed by atoms with Crippen molar-refractivity contribution in [3.8, 4) is 0 Å². The van der Waals surface area contributed by atoms with Crippen molar-refractivity contribution >= 4 is 23.6 Å². The number of Topliss-reactive ketones (excluding diaryl/α,β-unsaturated/α-hetero) is 1. The highest BCUT2D eigenvalue weighted by atomic mass is 16.6. The monoisotopic (exact) mass is 420 g/mol. The maximum Gasteiger partial charge on any atom is 0.416 e. The first-order valence-electron chi connectivity index (χ1n) is 10.4. The Morgan fingerprint density at radius 1 is 1.26 bits per heavy atom. The van der Waals surface area contributed by atoms with E-state index in [0.29, 0.717) is 24.7 Å². The van der Waals surface area contributed by atoms with Crippen LogP contribution in [0.5, 0.6) is 0 Å². The van der Waals surface area contributed by atoms with E-state index in [1.54, 1.807) is 12.3 Å². The highest BCUT2D eigenvalue weighted by Gasteiger charge is 2.27. The lowest BCUT2D eigenvalue weighted by molar-refractivity contribution is 0.0979. The fourth-order valence-electron chi connectivity index (χ4n) is 3.35. The molecule has 2 heterocycles. The first-order chi connectivity index (χ1) is 15.0. The molecule has 0 fully saturated rings. The zero-order valence-electron chi connectivity index (χ0n) is 17.8. The van der Waals surface area contributed by atoms with Crippen LogP contribution in [0.15, 0.2) is 55.8 Å². The maximum atomic E-state index is 12.3. The van der Waals surface area contributed by atoms with Crippen molar-refractivity contribution in [1.29, 1.82) is 0 Å². The Morgan fingerprint density at radius 2 is 2.03 bits per heavy atom. The Morgan fingerprint density at radius 3 is 2.74 bits per heavy atom. The molecule has 7 nitrogen and oxygen atoms in total. The van der Waals surface area contributed by atoms with Crippen LogP contribution >= 0.6 is 0 Å². The van der Waals surface area contributed by atoms with Crippen LogP contribution in [0.1, 0.15) is 60.1 Å². The molecule has 1 atom stereocenters. The summed E-state index contributed by atoms with van der Waals surface area (Å²) >= 11 is 0. The smallest absolute Gasteiger partial charge is 0.416 e. The van der Waals surface area contributed by atoms with Gasteiger partial charge in [-0.1, -0.05) is 36.4 Å². The van der Waals surface area contributed by atoms with Gasteiger partial charge in [0.1, 0.15) is 6.61 Å². The van der Waals surface area contributed by atoms with Gasteiger partial charge in [0.05, 0.1) is 11.6 Å². The summed E-state index contributed by atoms with van der Waals surface area (Å²) in [4.78, 5) is 34.6. The van der Waals surface area contributed by atoms with Gasteiger partial charge in [0, 0.05) is 24.7 Å². The lowest BCUT2D eigenvalue weighted by atomic mass is 10.0. The van der Waals surface area contributed by atoms with Crippen LogP contribution in [0.3, 0.4) is 0 Å². The zero-order chi connectivity index (χ0) is 22.2. The van der Waals surface area contributed by atoms with Crippen LogP contribution in [-0.4, -0.2) is 28.4 Å². The Hall–Kier alpha value is -3.48. The fourth-order valence-corrected chi connectivity index (χ4v) is 3.35. The van der Waals surface area contributed by atoms with Gasteiger partial charge in [-0.05, 0) is 31.7 Å². The van der Waals surface area contributed by atoms with Gasteiger partial charge < -0.3 is 10.1 Å². The normalized spacial score (nSPS) is 13.7. The quantitative estimate of drug-likeness (QED) is 0.305. The summed E-state index contributed by atoms with van der Waals surface area (Å²) in [5, 5.41) is 3.26. The van der Waals surface area contributed by atoms with Crippen LogP contribution in [0.25, 0.3) is 0 Å². The Bertz CT molecular complexity index is 956. The van der Waals surface area contributed by atoms with Crippen molar-refractivity contribution in [1.82, 2.24) is 9.97 Å². The number of allylic oxidation sites excluding steroid dienone is 1. The number of rotatable bonds is 11. The number of cyclic esters (lactones) is 1. The molecule has 1 aliphatic rings. The Balaban J connectivity index is 1.65. The van der Waals surface area contributed by atoms with Crippen molar-refractivity contribution in [3.05, 3.63) is 72.5 Å². The molecule has 162 valence electrons. The standard InChI is InChI=1S/C24H28N4O3/c1-4-6-7-8-9-21(29)19-12-10-18(11-13-19)17(3)26-23-25-15-20-16-31-24(30)28(14-5-2)22(20)27-23/h4-5,10-13,15,17H,1-2,6-9,14,16H2,3H3,(H,25,26,27)/t17-/m0/s1. The average Bonchev–Trinajstić information content (AvgIpc) is 2.78. The van der Waals surface area contributed by atoms with Gasteiger partial charge in [-0.15, -0.1) is 13.2 Å². The van der Waals surface area contributed by atoms with Crippen LogP contribution in [0.2, 0.25) is 0 Å². The molecule has 1 N–H and O–H groups in total. The second-order valence-electron chi connectivity index (χ2n) is 7.44. The molecular formula is C24H28N4O3. The average molecular weight is 421 g/mol. The van der Waals surface area contributed by atoms with E-state index in [0.717, 1.165) is 36.0 Å². The SMILES string of the molecule is C=CCCCCC(=O)c1ccc([C@H](C)Nc2ncc3c(n2)N(CC=C)C(=O)OC3)cc1. The minimum atomic E-state index is -0.449. The molecule has 0 radical (unpaired) electrons. The minimum absolute atomic E-state index is 0.0850. The topological polar surface area (TPSA) is 84.4 Å². The van der Waals surface area contributed by atoms with E-state index in [1.807, 2.05) is 37.3 Å². The number of aromatic nitrogens is 2. The number of nitrogens with one attached hydrogen (secondary N) is 1. The molecule has 1 aliphatic heterocycles. The second kappa shape index (κ2) is 10.5. The number of carbonyl (C=O) groups is 2. The summed E-state index contributed by atoms with van der Waals surface area (Å²) in [6.45, 7) is 9.83. The molecule has 1 aromatic carbocycles. The molecule has 0 bridgehead atoms. The van der Waals surface area contributed by atoms with E-state index >= 15 is 0 Å². The third kappa shape index (κ3) is 5.57.